The summed E-state index contributed by atoms with van der Waals surface area (Å²) in [6, 6.07) is 15.1. The Morgan fingerprint density at radius 2 is 1.81 bits per heavy atom. The minimum Gasteiger partial charge on any atom is -0.497 e. The first kappa shape index (κ1) is 28.1. The highest BCUT2D eigenvalue weighted by molar-refractivity contribution is 5.89. The van der Waals surface area contributed by atoms with Crippen LogP contribution in [0, 0.1) is 0 Å². The van der Waals surface area contributed by atoms with Crippen LogP contribution < -0.4 is 14.8 Å². The summed E-state index contributed by atoms with van der Waals surface area (Å²) >= 11 is 0. The average molecular weight is 509 g/mol. The minimum absolute atomic E-state index is 0.106. The molecule has 0 saturated carbocycles. The lowest BCUT2D eigenvalue weighted by Gasteiger charge is -2.35. The zero-order chi connectivity index (χ0) is 26.5. The number of para-hydroxylation sites is 1. The molecule has 1 N–H and O–H groups in total. The lowest BCUT2D eigenvalue weighted by atomic mass is 10.2. The number of urea groups is 1. The number of carbonyl (C=O) groups excluding carboxylic acids is 2. The molecule has 1 fully saturated rings. The normalized spacial score (nSPS) is 14.0. The molecule has 0 atom stereocenters. The predicted molar refractivity (Wildman–Crippen MR) is 148 cm³/mol. The molecule has 200 valence electrons. The topological polar surface area (TPSA) is 74.4 Å². The van der Waals surface area contributed by atoms with E-state index in [0.717, 1.165) is 43.8 Å². The molecule has 0 spiro atoms. The maximum Gasteiger partial charge on any atom is 0.321 e. The lowest BCUT2D eigenvalue weighted by Crippen LogP contribution is -2.51. The van der Waals surface area contributed by atoms with Gasteiger partial charge in [0.05, 0.1) is 14.2 Å². The fourth-order valence-corrected chi connectivity index (χ4v) is 4.26. The first-order chi connectivity index (χ1) is 18.0. The molecule has 3 amide bonds. The Labute approximate surface area is 220 Å². The number of anilines is 1. The second-order valence-electron chi connectivity index (χ2n) is 9.08. The summed E-state index contributed by atoms with van der Waals surface area (Å²) in [5.74, 6) is 1.71. The summed E-state index contributed by atoms with van der Waals surface area (Å²) in [5, 5.41) is 2.95. The standard InChI is InChI=1S/C29H40N4O4/c1-4-5-15-28(34)32(16-9-11-24-10-6-7-14-27(24)37-3)20-17-31-18-21-33(22-19-31)29(35)30-25-12-8-13-26(23-25)36-2/h6-14,23H,4-5,15-22H2,1-3H3,(H,30,35)/b11-9+. The van der Waals surface area contributed by atoms with Gasteiger partial charge in [-0.15, -0.1) is 0 Å². The first-order valence-corrected chi connectivity index (χ1v) is 13.0. The van der Waals surface area contributed by atoms with E-state index in [-0.39, 0.29) is 11.9 Å². The largest absolute Gasteiger partial charge is 0.497 e. The Kier molecular flexibility index (Phi) is 11.3. The maximum absolute atomic E-state index is 12.9. The monoisotopic (exact) mass is 508 g/mol. The first-order valence-electron chi connectivity index (χ1n) is 13.0. The zero-order valence-corrected chi connectivity index (χ0v) is 22.3. The molecule has 1 heterocycles. The maximum atomic E-state index is 12.9. The number of hydrogen-bond donors (Lipinski definition) is 1. The number of ether oxygens (including phenoxy) is 2. The number of carbonyl (C=O) groups is 2. The Bertz CT molecular complexity index is 1030. The van der Waals surface area contributed by atoms with Crippen LogP contribution in [-0.2, 0) is 4.79 Å². The van der Waals surface area contributed by atoms with Gasteiger partial charge in [-0.1, -0.05) is 49.8 Å². The van der Waals surface area contributed by atoms with Gasteiger partial charge >= 0.3 is 6.03 Å². The van der Waals surface area contributed by atoms with E-state index in [1.54, 1.807) is 20.3 Å². The molecular weight excluding hydrogens is 468 g/mol. The Hall–Kier alpha value is -3.52. The van der Waals surface area contributed by atoms with Gasteiger partial charge < -0.3 is 24.6 Å². The number of unbranched alkanes of at least 4 members (excludes halogenated alkanes) is 1. The summed E-state index contributed by atoms with van der Waals surface area (Å²) in [7, 11) is 3.27. The highest BCUT2D eigenvalue weighted by Gasteiger charge is 2.22. The highest BCUT2D eigenvalue weighted by atomic mass is 16.5. The number of hydrogen-bond acceptors (Lipinski definition) is 5. The molecule has 1 aliphatic heterocycles. The van der Waals surface area contributed by atoms with Crippen molar-refractivity contribution in [1.29, 1.82) is 0 Å². The second-order valence-corrected chi connectivity index (χ2v) is 9.08. The molecule has 2 aromatic rings. The fourth-order valence-electron chi connectivity index (χ4n) is 4.26. The van der Waals surface area contributed by atoms with Crippen molar-refractivity contribution in [3.05, 3.63) is 60.2 Å². The molecule has 8 nitrogen and oxygen atoms in total. The summed E-state index contributed by atoms with van der Waals surface area (Å²) in [6.45, 7) is 6.95. The lowest BCUT2D eigenvalue weighted by molar-refractivity contribution is -0.131. The van der Waals surface area contributed by atoms with E-state index in [1.807, 2.05) is 64.4 Å². The van der Waals surface area contributed by atoms with E-state index < -0.39 is 0 Å². The van der Waals surface area contributed by atoms with E-state index in [0.29, 0.717) is 44.0 Å². The zero-order valence-electron chi connectivity index (χ0n) is 22.3. The third-order valence-corrected chi connectivity index (χ3v) is 6.53. The van der Waals surface area contributed by atoms with Crippen molar-refractivity contribution >= 4 is 23.7 Å². The molecular formula is C29H40N4O4. The van der Waals surface area contributed by atoms with Crippen LogP contribution in [0.4, 0.5) is 10.5 Å². The van der Waals surface area contributed by atoms with Crippen molar-refractivity contribution in [2.24, 2.45) is 0 Å². The van der Waals surface area contributed by atoms with Gasteiger partial charge in [-0.05, 0) is 24.6 Å². The second kappa shape index (κ2) is 14.9. The van der Waals surface area contributed by atoms with Crippen molar-refractivity contribution < 1.29 is 19.1 Å². The number of methoxy groups -OCH3 is 2. The number of amides is 3. The van der Waals surface area contributed by atoms with Crippen molar-refractivity contribution in [3.8, 4) is 11.5 Å². The van der Waals surface area contributed by atoms with Gasteiger partial charge in [0, 0.05) is 69.6 Å². The highest BCUT2D eigenvalue weighted by Crippen LogP contribution is 2.19. The van der Waals surface area contributed by atoms with E-state index in [4.69, 9.17) is 9.47 Å². The number of piperazine rings is 1. The molecule has 1 saturated heterocycles. The molecule has 0 unspecified atom stereocenters. The molecule has 0 bridgehead atoms. The van der Waals surface area contributed by atoms with E-state index in [1.165, 1.54) is 0 Å². The minimum atomic E-state index is -0.106. The Balaban J connectivity index is 1.49. The number of rotatable bonds is 12. The number of nitrogens with one attached hydrogen (secondary N) is 1. The smallest absolute Gasteiger partial charge is 0.321 e. The Morgan fingerprint density at radius 3 is 2.54 bits per heavy atom. The van der Waals surface area contributed by atoms with Crippen molar-refractivity contribution in [2.75, 3.05) is 65.3 Å². The molecule has 3 rings (SSSR count). The van der Waals surface area contributed by atoms with Crippen LogP contribution in [0.2, 0.25) is 0 Å². The van der Waals surface area contributed by atoms with Crippen LogP contribution in [0.5, 0.6) is 11.5 Å². The third-order valence-electron chi connectivity index (χ3n) is 6.53. The predicted octanol–water partition coefficient (Wildman–Crippen LogP) is 4.59. The third kappa shape index (κ3) is 8.82. The summed E-state index contributed by atoms with van der Waals surface area (Å²) in [4.78, 5) is 31.7. The van der Waals surface area contributed by atoms with Crippen LogP contribution in [0.1, 0.15) is 31.7 Å². The van der Waals surface area contributed by atoms with Crippen LogP contribution >= 0.6 is 0 Å². The van der Waals surface area contributed by atoms with E-state index in [2.05, 4.69) is 17.1 Å². The van der Waals surface area contributed by atoms with E-state index >= 15 is 0 Å². The van der Waals surface area contributed by atoms with Gasteiger partial charge in [-0.3, -0.25) is 9.69 Å². The summed E-state index contributed by atoms with van der Waals surface area (Å²) in [6.07, 6.45) is 6.50. The summed E-state index contributed by atoms with van der Waals surface area (Å²) in [5.41, 5.74) is 1.71. The SMILES string of the molecule is CCCCC(=O)N(C/C=C/c1ccccc1OC)CCN1CCN(C(=O)Nc2cccc(OC)c2)CC1. The van der Waals surface area contributed by atoms with Gasteiger partial charge in [0.25, 0.3) is 0 Å². The molecule has 0 aliphatic carbocycles. The van der Waals surface area contributed by atoms with Gasteiger partial charge in [-0.25, -0.2) is 4.79 Å². The van der Waals surface area contributed by atoms with Crippen molar-refractivity contribution in [3.63, 3.8) is 0 Å². The van der Waals surface area contributed by atoms with E-state index in [9.17, 15) is 9.59 Å². The quantitative estimate of drug-likeness (QED) is 0.454. The number of benzene rings is 2. The summed E-state index contributed by atoms with van der Waals surface area (Å²) < 4.78 is 10.7. The van der Waals surface area contributed by atoms with Crippen LogP contribution in [0.15, 0.2) is 54.6 Å². The molecule has 37 heavy (non-hydrogen) atoms. The molecule has 0 aromatic heterocycles. The molecule has 1 aliphatic rings. The van der Waals surface area contributed by atoms with Gasteiger partial charge in [-0.2, -0.15) is 0 Å². The van der Waals surface area contributed by atoms with Gasteiger partial charge in [0.1, 0.15) is 11.5 Å². The molecule has 0 radical (unpaired) electrons. The van der Waals surface area contributed by atoms with Crippen LogP contribution in [0.25, 0.3) is 6.08 Å². The van der Waals surface area contributed by atoms with Gasteiger partial charge in [0.15, 0.2) is 0 Å². The molecule has 8 heteroatoms. The fraction of sp³-hybridized carbons (Fsp3) is 0.448. The average Bonchev–Trinajstić information content (AvgIpc) is 2.94. The van der Waals surface area contributed by atoms with Crippen molar-refractivity contribution in [1.82, 2.24) is 14.7 Å². The van der Waals surface area contributed by atoms with Crippen LogP contribution in [-0.4, -0.2) is 86.7 Å². The van der Waals surface area contributed by atoms with Crippen molar-refractivity contribution in [2.45, 2.75) is 26.2 Å². The van der Waals surface area contributed by atoms with Crippen LogP contribution in [0.3, 0.4) is 0 Å². The Morgan fingerprint density at radius 1 is 1.03 bits per heavy atom. The number of nitrogens with zero attached hydrogens (tertiary/aromatic N) is 3. The van der Waals surface area contributed by atoms with Gasteiger partial charge in [0.2, 0.25) is 5.91 Å². The molecule has 2 aromatic carbocycles.